The van der Waals surface area contributed by atoms with E-state index in [9.17, 15) is 4.79 Å². The lowest BCUT2D eigenvalue weighted by Gasteiger charge is -2.06. The maximum atomic E-state index is 11.4. The van der Waals surface area contributed by atoms with Crippen LogP contribution in [0.3, 0.4) is 0 Å². The zero-order chi connectivity index (χ0) is 13.1. The molecule has 0 aliphatic carbocycles. The fourth-order valence-corrected chi connectivity index (χ4v) is 1.73. The van der Waals surface area contributed by atoms with Crippen molar-refractivity contribution in [2.45, 2.75) is 32.6 Å². The Labute approximate surface area is 110 Å². The highest BCUT2D eigenvalue weighted by Crippen LogP contribution is 2.01. The summed E-state index contributed by atoms with van der Waals surface area (Å²) in [6, 6.07) is 10.4. The average Bonchev–Trinajstić information content (AvgIpc) is 2.41. The van der Waals surface area contributed by atoms with E-state index in [0.29, 0.717) is 6.54 Å². The van der Waals surface area contributed by atoms with Crippen LogP contribution in [-0.2, 0) is 11.2 Å². The Morgan fingerprint density at radius 3 is 2.61 bits per heavy atom. The molecule has 0 aliphatic rings. The molecule has 1 amide bonds. The van der Waals surface area contributed by atoms with Crippen LogP contribution in [0.2, 0.25) is 0 Å². The summed E-state index contributed by atoms with van der Waals surface area (Å²) >= 11 is 0. The number of amides is 1. The molecule has 0 bridgehead atoms. The van der Waals surface area contributed by atoms with Crippen molar-refractivity contribution in [3.8, 4) is 0 Å². The van der Waals surface area contributed by atoms with Crippen molar-refractivity contribution in [1.29, 1.82) is 0 Å². The molecule has 1 aromatic rings. The van der Waals surface area contributed by atoms with Gasteiger partial charge in [-0.2, -0.15) is 0 Å². The predicted octanol–water partition coefficient (Wildman–Crippen LogP) is 2.13. The highest BCUT2D eigenvalue weighted by molar-refractivity contribution is 5.77. The third-order valence-corrected chi connectivity index (χ3v) is 2.80. The summed E-state index contributed by atoms with van der Waals surface area (Å²) in [6.45, 7) is 4.26. The first-order chi connectivity index (χ1) is 8.83. The number of hydrogen-bond acceptors (Lipinski definition) is 2. The first-order valence-electron chi connectivity index (χ1n) is 6.84. The van der Waals surface area contributed by atoms with Gasteiger partial charge in [-0.15, -0.1) is 0 Å². The van der Waals surface area contributed by atoms with Crippen molar-refractivity contribution < 1.29 is 4.79 Å². The first-order valence-corrected chi connectivity index (χ1v) is 6.84. The summed E-state index contributed by atoms with van der Waals surface area (Å²) in [6.07, 6.45) is 4.29. The molecule has 3 nitrogen and oxygen atoms in total. The van der Waals surface area contributed by atoms with Crippen LogP contribution in [0.1, 0.15) is 31.7 Å². The lowest BCUT2D eigenvalue weighted by Crippen LogP contribution is -2.34. The Morgan fingerprint density at radius 2 is 1.89 bits per heavy atom. The van der Waals surface area contributed by atoms with E-state index in [-0.39, 0.29) is 5.91 Å². The van der Waals surface area contributed by atoms with Crippen LogP contribution < -0.4 is 10.6 Å². The average molecular weight is 248 g/mol. The maximum absolute atomic E-state index is 11.4. The minimum atomic E-state index is 0.0964. The number of unbranched alkanes of at least 4 members (excludes halogenated alkanes) is 1. The molecule has 2 N–H and O–H groups in total. The molecule has 3 heteroatoms. The molecule has 0 atom stereocenters. The Morgan fingerprint density at radius 1 is 1.11 bits per heavy atom. The smallest absolute Gasteiger partial charge is 0.233 e. The number of carbonyl (C=O) groups is 1. The van der Waals surface area contributed by atoms with Crippen LogP contribution in [0.25, 0.3) is 0 Å². The molecule has 0 saturated heterocycles. The molecule has 1 rings (SSSR count). The fraction of sp³-hybridized carbons (Fsp3) is 0.533. The molecular formula is C15H24N2O. The summed E-state index contributed by atoms with van der Waals surface area (Å²) in [5, 5.41) is 6.06. The monoisotopic (exact) mass is 248 g/mol. The molecule has 0 aliphatic heterocycles. The quantitative estimate of drug-likeness (QED) is 0.657. The van der Waals surface area contributed by atoms with Crippen LogP contribution >= 0.6 is 0 Å². The zero-order valence-electron chi connectivity index (χ0n) is 11.2. The molecule has 0 aromatic heterocycles. The molecule has 18 heavy (non-hydrogen) atoms. The lowest BCUT2D eigenvalue weighted by atomic mass is 10.1. The van der Waals surface area contributed by atoms with Gasteiger partial charge in [-0.1, -0.05) is 43.7 Å². The van der Waals surface area contributed by atoms with Gasteiger partial charge in [0.1, 0.15) is 0 Å². The largest absolute Gasteiger partial charge is 0.355 e. The Balaban J connectivity index is 1.99. The Bertz CT molecular complexity index is 325. The van der Waals surface area contributed by atoms with Crippen LogP contribution in [0.5, 0.6) is 0 Å². The van der Waals surface area contributed by atoms with Gasteiger partial charge in [0.2, 0.25) is 5.91 Å². The van der Waals surface area contributed by atoms with Gasteiger partial charge in [-0.05, 0) is 31.4 Å². The molecule has 0 saturated carbocycles. The van der Waals surface area contributed by atoms with Crippen molar-refractivity contribution in [2.75, 3.05) is 19.6 Å². The summed E-state index contributed by atoms with van der Waals surface area (Å²) in [5.41, 5.74) is 1.33. The zero-order valence-corrected chi connectivity index (χ0v) is 11.2. The van der Waals surface area contributed by atoms with E-state index in [1.165, 1.54) is 5.56 Å². The first kappa shape index (κ1) is 14.7. The van der Waals surface area contributed by atoms with Crippen molar-refractivity contribution in [3.63, 3.8) is 0 Å². The van der Waals surface area contributed by atoms with Gasteiger partial charge in [-0.25, -0.2) is 0 Å². The van der Waals surface area contributed by atoms with Crippen LogP contribution in [-0.4, -0.2) is 25.5 Å². The van der Waals surface area contributed by atoms with Gasteiger partial charge in [0.25, 0.3) is 0 Å². The fourth-order valence-electron chi connectivity index (χ4n) is 1.73. The van der Waals surface area contributed by atoms with Gasteiger partial charge in [-0.3, -0.25) is 4.79 Å². The molecule has 0 heterocycles. The third kappa shape index (κ3) is 7.07. The minimum absolute atomic E-state index is 0.0964. The molecule has 0 spiro atoms. The van der Waals surface area contributed by atoms with Crippen molar-refractivity contribution in [1.82, 2.24) is 10.6 Å². The second-order valence-corrected chi connectivity index (χ2v) is 4.47. The maximum Gasteiger partial charge on any atom is 0.233 e. The van der Waals surface area contributed by atoms with E-state index in [1.807, 2.05) is 18.2 Å². The van der Waals surface area contributed by atoms with Gasteiger partial charge >= 0.3 is 0 Å². The number of benzene rings is 1. The van der Waals surface area contributed by atoms with Gasteiger partial charge < -0.3 is 10.6 Å². The Hall–Kier alpha value is -1.35. The summed E-state index contributed by atoms with van der Waals surface area (Å²) in [7, 11) is 0. The van der Waals surface area contributed by atoms with E-state index >= 15 is 0 Å². The summed E-state index contributed by atoms with van der Waals surface area (Å²) < 4.78 is 0. The second kappa shape index (κ2) is 9.66. The van der Waals surface area contributed by atoms with Crippen molar-refractivity contribution in [2.24, 2.45) is 0 Å². The van der Waals surface area contributed by atoms with E-state index in [4.69, 9.17) is 0 Å². The number of nitrogens with one attached hydrogen (secondary N) is 2. The highest BCUT2D eigenvalue weighted by Gasteiger charge is 1.99. The molecule has 1 aromatic carbocycles. The van der Waals surface area contributed by atoms with Crippen LogP contribution in [0, 0.1) is 0 Å². The molecule has 0 fully saturated rings. The summed E-state index contributed by atoms with van der Waals surface area (Å²) in [5.74, 6) is 0.0964. The van der Waals surface area contributed by atoms with E-state index in [2.05, 4.69) is 29.7 Å². The van der Waals surface area contributed by atoms with Crippen molar-refractivity contribution >= 4 is 5.91 Å². The third-order valence-electron chi connectivity index (χ3n) is 2.80. The molecule has 0 unspecified atom stereocenters. The number of aryl methyl sites for hydroxylation is 1. The van der Waals surface area contributed by atoms with E-state index in [1.54, 1.807) is 0 Å². The highest BCUT2D eigenvalue weighted by atomic mass is 16.1. The van der Waals surface area contributed by atoms with Gasteiger partial charge in [0, 0.05) is 6.54 Å². The van der Waals surface area contributed by atoms with E-state index in [0.717, 1.165) is 38.8 Å². The number of hydrogen-bond donors (Lipinski definition) is 2. The van der Waals surface area contributed by atoms with E-state index < -0.39 is 0 Å². The Kier molecular flexibility index (Phi) is 7.89. The normalized spacial score (nSPS) is 10.3. The molecule has 0 radical (unpaired) electrons. The lowest BCUT2D eigenvalue weighted by molar-refractivity contribution is -0.120. The standard InChI is InChI=1S/C15H24N2O/c1-2-3-11-16-13-15(18)17-12-7-10-14-8-5-4-6-9-14/h4-6,8-9,16H,2-3,7,10-13H2,1H3,(H,17,18). The predicted molar refractivity (Wildman–Crippen MR) is 75.6 cm³/mol. The van der Waals surface area contributed by atoms with Crippen LogP contribution in [0.4, 0.5) is 0 Å². The second-order valence-electron chi connectivity index (χ2n) is 4.47. The SMILES string of the molecule is CCCCNCC(=O)NCCCc1ccccc1. The number of carbonyl (C=O) groups excluding carboxylic acids is 1. The minimum Gasteiger partial charge on any atom is -0.355 e. The topological polar surface area (TPSA) is 41.1 Å². The van der Waals surface area contributed by atoms with Gasteiger partial charge in [0.15, 0.2) is 0 Å². The van der Waals surface area contributed by atoms with Crippen molar-refractivity contribution in [3.05, 3.63) is 35.9 Å². The number of rotatable bonds is 9. The molecule has 100 valence electrons. The molecular weight excluding hydrogens is 224 g/mol. The van der Waals surface area contributed by atoms with Crippen LogP contribution in [0.15, 0.2) is 30.3 Å². The summed E-state index contributed by atoms with van der Waals surface area (Å²) in [4.78, 5) is 11.4. The van der Waals surface area contributed by atoms with Gasteiger partial charge in [0.05, 0.1) is 6.54 Å².